The summed E-state index contributed by atoms with van der Waals surface area (Å²) < 4.78 is 36.3. The summed E-state index contributed by atoms with van der Waals surface area (Å²) in [7, 11) is -2.77. The summed E-state index contributed by atoms with van der Waals surface area (Å²) in [5, 5.41) is 4.95. The molecule has 2 aromatic carbocycles. The van der Waals surface area contributed by atoms with E-state index >= 15 is 0 Å². The lowest BCUT2D eigenvalue weighted by atomic mass is 10.2. The van der Waals surface area contributed by atoms with Crippen molar-refractivity contribution >= 4 is 27.9 Å². The Labute approximate surface area is 139 Å². The molecule has 24 heavy (non-hydrogen) atoms. The number of urea groups is 1. The zero-order chi connectivity index (χ0) is 17.6. The monoisotopic (exact) mass is 348 g/mol. The summed E-state index contributed by atoms with van der Waals surface area (Å²) in [5.41, 5.74) is 1.02. The summed E-state index contributed by atoms with van der Waals surface area (Å²) in [6.45, 7) is 0. The molecule has 0 aliphatic heterocycles. The molecule has 2 rings (SSSR count). The minimum Gasteiger partial charge on any atom is -0.496 e. The molecule has 2 amide bonds. The highest BCUT2D eigenvalue weighted by molar-refractivity contribution is 7.85. The van der Waals surface area contributed by atoms with Gasteiger partial charge in [-0.15, -0.1) is 0 Å². The number of methoxy groups -OCH3 is 1. The van der Waals surface area contributed by atoms with E-state index in [4.69, 9.17) is 9.29 Å². The van der Waals surface area contributed by atoms with Crippen LogP contribution in [-0.4, -0.2) is 26.1 Å². The third-order valence-electron chi connectivity index (χ3n) is 3.01. The lowest BCUT2D eigenvalue weighted by Gasteiger charge is -2.06. The highest BCUT2D eigenvalue weighted by Crippen LogP contribution is 2.18. The van der Waals surface area contributed by atoms with Gasteiger partial charge in [-0.05, 0) is 30.3 Å². The van der Waals surface area contributed by atoms with Crippen molar-refractivity contribution < 1.29 is 22.5 Å². The molecule has 0 saturated carbocycles. The van der Waals surface area contributed by atoms with Crippen molar-refractivity contribution in [1.29, 1.82) is 0 Å². The van der Waals surface area contributed by atoms with E-state index < -0.39 is 16.1 Å². The number of rotatable bonds is 5. The minimum absolute atomic E-state index is 0.230. The standard InChI is InChI=1S/C16H16N2O5S/c1-23-15-8-3-2-5-12(15)9-10-17-16(19)18-13-6-4-7-14(11-13)24(20,21)22/h2-11H,1H3,(H2,17,18,19)(H,20,21,22)/b10-9+. The predicted octanol–water partition coefficient (Wildman–Crippen LogP) is 2.73. The number of anilines is 1. The van der Waals surface area contributed by atoms with Gasteiger partial charge in [0.1, 0.15) is 5.75 Å². The molecule has 0 fully saturated rings. The van der Waals surface area contributed by atoms with Crippen LogP contribution >= 0.6 is 0 Å². The maximum absolute atomic E-state index is 11.8. The van der Waals surface area contributed by atoms with E-state index in [0.29, 0.717) is 5.75 Å². The van der Waals surface area contributed by atoms with Crippen molar-refractivity contribution in [3.8, 4) is 5.75 Å². The molecule has 0 atom stereocenters. The fourth-order valence-corrected chi connectivity index (χ4v) is 2.44. The van der Waals surface area contributed by atoms with Crippen molar-refractivity contribution in [1.82, 2.24) is 5.32 Å². The van der Waals surface area contributed by atoms with Crippen molar-refractivity contribution in [2.24, 2.45) is 0 Å². The lowest BCUT2D eigenvalue weighted by molar-refractivity contribution is 0.255. The van der Waals surface area contributed by atoms with Crippen molar-refractivity contribution in [3.63, 3.8) is 0 Å². The molecular formula is C16H16N2O5S. The quantitative estimate of drug-likeness (QED) is 0.721. The first-order valence-corrected chi connectivity index (χ1v) is 8.29. The Kier molecular flexibility index (Phi) is 5.56. The third kappa shape index (κ3) is 4.83. The van der Waals surface area contributed by atoms with Crippen LogP contribution in [0.15, 0.2) is 59.6 Å². The van der Waals surface area contributed by atoms with Crippen LogP contribution < -0.4 is 15.4 Å². The molecule has 0 aliphatic carbocycles. The van der Waals surface area contributed by atoms with Crippen LogP contribution in [0.2, 0.25) is 0 Å². The Morgan fingerprint density at radius 1 is 1.17 bits per heavy atom. The second-order valence-electron chi connectivity index (χ2n) is 4.68. The van der Waals surface area contributed by atoms with Crippen molar-refractivity contribution in [2.75, 3.05) is 12.4 Å². The molecule has 0 unspecified atom stereocenters. The van der Waals surface area contributed by atoms with Gasteiger partial charge in [-0.25, -0.2) is 4.79 Å². The second kappa shape index (κ2) is 7.62. The largest absolute Gasteiger partial charge is 0.496 e. The van der Waals surface area contributed by atoms with Gasteiger partial charge in [0.15, 0.2) is 0 Å². The molecule has 0 heterocycles. The predicted molar refractivity (Wildman–Crippen MR) is 90.4 cm³/mol. The average Bonchev–Trinajstić information content (AvgIpc) is 2.55. The molecule has 0 aromatic heterocycles. The zero-order valence-corrected chi connectivity index (χ0v) is 13.6. The van der Waals surface area contributed by atoms with Gasteiger partial charge >= 0.3 is 6.03 Å². The number of carbonyl (C=O) groups excluding carboxylic acids is 1. The fourth-order valence-electron chi connectivity index (χ4n) is 1.91. The number of benzene rings is 2. The molecule has 2 aromatic rings. The maximum Gasteiger partial charge on any atom is 0.323 e. The summed E-state index contributed by atoms with van der Waals surface area (Å²) in [6.07, 6.45) is 3.09. The molecule has 7 nitrogen and oxygen atoms in total. The molecule has 0 saturated heterocycles. The Morgan fingerprint density at radius 2 is 1.92 bits per heavy atom. The first-order chi connectivity index (χ1) is 11.4. The first kappa shape index (κ1) is 17.5. The van der Waals surface area contributed by atoms with Gasteiger partial charge < -0.3 is 15.4 Å². The van der Waals surface area contributed by atoms with Crippen LogP contribution in [0.1, 0.15) is 5.56 Å². The average molecular weight is 348 g/mol. The van der Waals surface area contributed by atoms with E-state index in [9.17, 15) is 13.2 Å². The number of ether oxygens (including phenoxy) is 1. The first-order valence-electron chi connectivity index (χ1n) is 6.85. The number of carbonyl (C=O) groups is 1. The summed E-state index contributed by atoms with van der Waals surface area (Å²) in [5.74, 6) is 0.664. The zero-order valence-electron chi connectivity index (χ0n) is 12.8. The molecule has 0 radical (unpaired) electrons. The number of hydrogen-bond donors (Lipinski definition) is 3. The molecule has 126 valence electrons. The minimum atomic E-state index is -4.32. The van der Waals surface area contributed by atoms with Gasteiger partial charge in [-0.2, -0.15) is 8.42 Å². The Morgan fingerprint density at radius 3 is 2.62 bits per heavy atom. The van der Waals surface area contributed by atoms with Gasteiger partial charge in [0, 0.05) is 17.5 Å². The summed E-state index contributed by atoms with van der Waals surface area (Å²) in [4.78, 5) is 11.5. The number of para-hydroxylation sites is 1. The normalized spacial score (nSPS) is 11.2. The summed E-state index contributed by atoms with van der Waals surface area (Å²) in [6, 6.07) is 12.0. The smallest absolute Gasteiger partial charge is 0.323 e. The third-order valence-corrected chi connectivity index (χ3v) is 3.86. The molecule has 0 bridgehead atoms. The Balaban J connectivity index is 2.00. The SMILES string of the molecule is COc1ccccc1/C=C/NC(=O)Nc1cccc(S(=O)(=O)O)c1. The molecule has 0 aliphatic rings. The van der Waals surface area contributed by atoms with Crippen LogP contribution in [-0.2, 0) is 10.1 Å². The van der Waals surface area contributed by atoms with Crippen LogP contribution in [0.4, 0.5) is 10.5 Å². The van der Waals surface area contributed by atoms with Gasteiger partial charge in [-0.1, -0.05) is 24.3 Å². The van der Waals surface area contributed by atoms with Crippen LogP contribution in [0.3, 0.4) is 0 Å². The van der Waals surface area contributed by atoms with Crippen molar-refractivity contribution in [3.05, 3.63) is 60.3 Å². The van der Waals surface area contributed by atoms with E-state index in [2.05, 4.69) is 10.6 Å². The van der Waals surface area contributed by atoms with E-state index in [1.54, 1.807) is 19.3 Å². The van der Waals surface area contributed by atoms with Gasteiger partial charge in [0.2, 0.25) is 0 Å². The highest BCUT2D eigenvalue weighted by Gasteiger charge is 2.10. The van der Waals surface area contributed by atoms with E-state index in [0.717, 1.165) is 11.6 Å². The molecule has 8 heteroatoms. The van der Waals surface area contributed by atoms with Crippen molar-refractivity contribution in [2.45, 2.75) is 4.90 Å². The lowest BCUT2D eigenvalue weighted by Crippen LogP contribution is -2.23. The Hall–Kier alpha value is -2.84. The van der Waals surface area contributed by atoms with Gasteiger partial charge in [-0.3, -0.25) is 4.55 Å². The second-order valence-corrected chi connectivity index (χ2v) is 6.10. The maximum atomic E-state index is 11.8. The molecule has 0 spiro atoms. The Bertz CT molecular complexity index is 862. The molecule has 3 N–H and O–H groups in total. The molecular weight excluding hydrogens is 332 g/mol. The van der Waals surface area contributed by atoms with E-state index in [1.165, 1.54) is 24.4 Å². The van der Waals surface area contributed by atoms with E-state index in [-0.39, 0.29) is 10.6 Å². The number of amides is 2. The van der Waals surface area contributed by atoms with E-state index in [1.807, 2.05) is 18.2 Å². The summed E-state index contributed by atoms with van der Waals surface area (Å²) >= 11 is 0. The van der Waals surface area contributed by atoms with Gasteiger partial charge in [0.05, 0.1) is 12.0 Å². The highest BCUT2D eigenvalue weighted by atomic mass is 32.2. The van der Waals surface area contributed by atoms with Crippen LogP contribution in [0.5, 0.6) is 5.75 Å². The number of hydrogen-bond acceptors (Lipinski definition) is 4. The van der Waals surface area contributed by atoms with Gasteiger partial charge in [0.25, 0.3) is 10.1 Å². The fraction of sp³-hybridized carbons (Fsp3) is 0.0625. The van der Waals surface area contributed by atoms with Crippen LogP contribution in [0, 0.1) is 0 Å². The van der Waals surface area contributed by atoms with Crippen LogP contribution in [0.25, 0.3) is 6.08 Å². The topological polar surface area (TPSA) is 105 Å². The number of nitrogens with one attached hydrogen (secondary N) is 2.